The lowest BCUT2D eigenvalue weighted by Crippen LogP contribution is -2.43. The third-order valence-corrected chi connectivity index (χ3v) is 5.33. The zero-order chi connectivity index (χ0) is 22.4. The summed E-state index contributed by atoms with van der Waals surface area (Å²) in [6, 6.07) is 17.4. The fourth-order valence-corrected chi connectivity index (χ4v) is 4.02. The van der Waals surface area contributed by atoms with E-state index in [9.17, 15) is 9.59 Å². The number of carbonyl (C=O) groups excluding carboxylic acids is 2. The molecule has 3 rings (SSSR count). The van der Waals surface area contributed by atoms with Crippen LogP contribution >= 0.6 is 0 Å². The largest absolute Gasteiger partial charge is 0.352 e. The van der Waals surface area contributed by atoms with Crippen molar-refractivity contribution in [1.82, 2.24) is 19.8 Å². The van der Waals surface area contributed by atoms with E-state index in [1.54, 1.807) is 12.1 Å². The van der Waals surface area contributed by atoms with Crippen molar-refractivity contribution in [2.24, 2.45) is 0 Å². The third-order valence-electron chi connectivity index (χ3n) is 5.33. The Morgan fingerprint density at radius 1 is 0.968 bits per heavy atom. The molecule has 0 atom stereocenters. The predicted octanol–water partition coefficient (Wildman–Crippen LogP) is 4.04. The number of aryl methyl sites for hydroxylation is 1. The highest BCUT2D eigenvalue weighted by molar-refractivity contribution is 5.94. The van der Waals surface area contributed by atoms with E-state index in [2.05, 4.69) is 5.32 Å². The zero-order valence-corrected chi connectivity index (χ0v) is 18.8. The first-order valence-corrected chi connectivity index (χ1v) is 11.0. The fourth-order valence-electron chi connectivity index (χ4n) is 4.02. The van der Waals surface area contributed by atoms with E-state index in [1.165, 1.54) is 0 Å². The van der Waals surface area contributed by atoms with Crippen molar-refractivity contribution in [3.05, 3.63) is 66.0 Å². The molecular weight excluding hydrogens is 388 g/mol. The molecule has 0 saturated carbocycles. The van der Waals surface area contributed by atoms with Crippen LogP contribution in [0.1, 0.15) is 50.3 Å². The molecule has 2 amide bonds. The molecule has 0 aliphatic heterocycles. The molecule has 0 fully saturated rings. The number of para-hydroxylation sites is 2. The van der Waals surface area contributed by atoms with E-state index in [4.69, 9.17) is 4.98 Å². The summed E-state index contributed by atoms with van der Waals surface area (Å²) in [5, 5.41) is 2.96. The van der Waals surface area contributed by atoms with E-state index in [1.807, 2.05) is 79.6 Å². The van der Waals surface area contributed by atoms with E-state index >= 15 is 0 Å². The summed E-state index contributed by atoms with van der Waals surface area (Å²) < 4.78 is 2.02. The molecule has 0 spiro atoms. The molecule has 0 aliphatic carbocycles. The van der Waals surface area contributed by atoms with Crippen molar-refractivity contribution in [3.63, 3.8) is 0 Å². The van der Waals surface area contributed by atoms with Crippen molar-refractivity contribution < 1.29 is 9.59 Å². The Morgan fingerprint density at radius 3 is 2.29 bits per heavy atom. The van der Waals surface area contributed by atoms with E-state index in [0.29, 0.717) is 18.5 Å². The zero-order valence-electron chi connectivity index (χ0n) is 18.8. The number of benzene rings is 2. The van der Waals surface area contributed by atoms with Crippen LogP contribution in [0.25, 0.3) is 11.0 Å². The average Bonchev–Trinajstić information content (AvgIpc) is 3.08. The lowest BCUT2D eigenvalue weighted by molar-refractivity contribution is -0.135. The molecule has 3 aromatic rings. The molecule has 6 nitrogen and oxygen atoms in total. The van der Waals surface area contributed by atoms with Crippen molar-refractivity contribution in [3.8, 4) is 0 Å². The van der Waals surface area contributed by atoms with Gasteiger partial charge in [0.2, 0.25) is 5.91 Å². The minimum atomic E-state index is -0.0752. The minimum absolute atomic E-state index is 0.0752. The normalized spacial score (nSPS) is 11.3. The van der Waals surface area contributed by atoms with Gasteiger partial charge in [0, 0.05) is 30.6 Å². The second-order valence-electron chi connectivity index (χ2n) is 8.32. The standard InChI is InChI=1S/C25H32N4O2/c1-18(2)29(19(3)4)24(30)17-28-22-14-9-8-13-21(22)27-23(28)15-10-16-26-25(31)20-11-6-5-7-12-20/h5-9,11-14,18-19H,10,15-17H2,1-4H3,(H,26,31). The van der Waals surface area contributed by atoms with Crippen molar-refractivity contribution in [2.75, 3.05) is 6.54 Å². The minimum Gasteiger partial charge on any atom is -0.352 e. The Labute approximate surface area is 184 Å². The molecule has 164 valence electrons. The highest BCUT2D eigenvalue weighted by Gasteiger charge is 2.22. The Kier molecular flexibility index (Phi) is 7.45. The van der Waals surface area contributed by atoms with Gasteiger partial charge in [-0.2, -0.15) is 0 Å². The van der Waals surface area contributed by atoms with Crippen molar-refractivity contribution >= 4 is 22.8 Å². The molecule has 0 unspecified atom stereocenters. The summed E-state index contributed by atoms with van der Waals surface area (Å²) in [7, 11) is 0. The van der Waals surface area contributed by atoms with Gasteiger partial charge >= 0.3 is 0 Å². The number of nitrogens with one attached hydrogen (secondary N) is 1. The summed E-state index contributed by atoms with van der Waals surface area (Å²) in [4.78, 5) is 32.0. The molecule has 0 radical (unpaired) electrons. The summed E-state index contributed by atoms with van der Waals surface area (Å²) in [6.45, 7) is 8.98. The number of carbonyl (C=O) groups is 2. The SMILES string of the molecule is CC(C)N(C(=O)Cn1c(CCCNC(=O)c2ccccc2)nc2ccccc21)C(C)C. The summed E-state index contributed by atoms with van der Waals surface area (Å²) in [6.07, 6.45) is 1.43. The maximum atomic E-state index is 13.1. The number of fused-ring (bicyclic) bond motifs is 1. The molecule has 0 bridgehead atoms. The smallest absolute Gasteiger partial charge is 0.251 e. The highest BCUT2D eigenvalue weighted by Crippen LogP contribution is 2.18. The van der Waals surface area contributed by atoms with Gasteiger partial charge in [-0.25, -0.2) is 4.98 Å². The summed E-state index contributed by atoms with van der Waals surface area (Å²) in [5.74, 6) is 0.886. The summed E-state index contributed by atoms with van der Waals surface area (Å²) in [5.41, 5.74) is 2.51. The van der Waals surface area contributed by atoms with Gasteiger partial charge in [-0.1, -0.05) is 30.3 Å². The van der Waals surface area contributed by atoms with Gasteiger partial charge in [0.25, 0.3) is 5.91 Å². The highest BCUT2D eigenvalue weighted by atomic mass is 16.2. The van der Waals surface area contributed by atoms with Crippen LogP contribution in [0.2, 0.25) is 0 Å². The Hall–Kier alpha value is -3.15. The van der Waals surface area contributed by atoms with Crippen LogP contribution in [0.3, 0.4) is 0 Å². The monoisotopic (exact) mass is 420 g/mol. The Morgan fingerprint density at radius 2 is 1.61 bits per heavy atom. The lowest BCUT2D eigenvalue weighted by Gasteiger charge is -2.31. The molecule has 0 aliphatic rings. The number of imidazole rings is 1. The Balaban J connectivity index is 1.70. The average molecular weight is 421 g/mol. The second-order valence-corrected chi connectivity index (χ2v) is 8.32. The topological polar surface area (TPSA) is 67.2 Å². The van der Waals surface area contributed by atoms with Crippen molar-refractivity contribution in [1.29, 1.82) is 0 Å². The predicted molar refractivity (Wildman–Crippen MR) is 124 cm³/mol. The van der Waals surface area contributed by atoms with Crippen LogP contribution in [0.4, 0.5) is 0 Å². The van der Waals surface area contributed by atoms with E-state index < -0.39 is 0 Å². The number of hydrogen-bond acceptors (Lipinski definition) is 3. The number of hydrogen-bond donors (Lipinski definition) is 1. The number of amides is 2. The van der Waals surface area contributed by atoms with Gasteiger partial charge in [0.1, 0.15) is 12.4 Å². The first-order chi connectivity index (χ1) is 14.9. The van der Waals surface area contributed by atoms with Crippen LogP contribution in [0, 0.1) is 0 Å². The second kappa shape index (κ2) is 10.2. The van der Waals surface area contributed by atoms with Crippen LogP contribution in [0.15, 0.2) is 54.6 Å². The molecule has 2 aromatic carbocycles. The third kappa shape index (κ3) is 5.51. The molecule has 6 heteroatoms. The lowest BCUT2D eigenvalue weighted by atomic mass is 10.2. The number of aromatic nitrogens is 2. The van der Waals surface area contributed by atoms with Gasteiger partial charge in [-0.15, -0.1) is 0 Å². The van der Waals surface area contributed by atoms with Crippen LogP contribution in [-0.4, -0.2) is 44.9 Å². The fraction of sp³-hybridized carbons (Fsp3) is 0.400. The van der Waals surface area contributed by atoms with Gasteiger partial charge < -0.3 is 14.8 Å². The van der Waals surface area contributed by atoms with Gasteiger partial charge in [-0.05, 0) is 58.4 Å². The number of nitrogens with zero attached hydrogens (tertiary/aromatic N) is 3. The van der Waals surface area contributed by atoms with Gasteiger partial charge in [-0.3, -0.25) is 9.59 Å². The first-order valence-electron chi connectivity index (χ1n) is 11.0. The number of rotatable bonds is 9. The van der Waals surface area contributed by atoms with E-state index in [0.717, 1.165) is 23.3 Å². The maximum absolute atomic E-state index is 13.1. The molecular formula is C25H32N4O2. The quantitative estimate of drug-likeness (QED) is 0.531. The van der Waals surface area contributed by atoms with Gasteiger partial charge in [0.15, 0.2) is 0 Å². The van der Waals surface area contributed by atoms with Gasteiger partial charge in [0.05, 0.1) is 11.0 Å². The molecule has 1 N–H and O–H groups in total. The van der Waals surface area contributed by atoms with E-state index in [-0.39, 0.29) is 30.4 Å². The Bertz CT molecular complexity index is 1020. The van der Waals surface area contributed by atoms with Crippen LogP contribution < -0.4 is 5.32 Å². The van der Waals surface area contributed by atoms with Crippen LogP contribution in [-0.2, 0) is 17.8 Å². The summed E-state index contributed by atoms with van der Waals surface area (Å²) >= 11 is 0. The first kappa shape index (κ1) is 22.5. The molecule has 1 heterocycles. The van der Waals surface area contributed by atoms with Crippen molar-refractivity contribution in [2.45, 2.75) is 59.2 Å². The molecule has 1 aromatic heterocycles. The van der Waals surface area contributed by atoms with Crippen LogP contribution in [0.5, 0.6) is 0 Å². The molecule has 31 heavy (non-hydrogen) atoms. The molecule has 0 saturated heterocycles. The maximum Gasteiger partial charge on any atom is 0.251 e.